The maximum absolute atomic E-state index is 13.6. The largest absolute Gasteiger partial charge is 0.482 e. The lowest BCUT2D eigenvalue weighted by molar-refractivity contribution is -0.138. The molecule has 2 N–H and O–H groups in total. The van der Waals surface area contributed by atoms with Gasteiger partial charge in [-0.1, -0.05) is 43.5 Å². The fourth-order valence-corrected chi connectivity index (χ4v) is 4.90. The zero-order valence-corrected chi connectivity index (χ0v) is 25.3. The summed E-state index contributed by atoms with van der Waals surface area (Å²) in [7, 11) is 0. The van der Waals surface area contributed by atoms with Gasteiger partial charge in [-0.2, -0.15) is 13.2 Å². The minimum absolute atomic E-state index is 0.0270. The second-order valence-electron chi connectivity index (χ2n) is 11.6. The van der Waals surface area contributed by atoms with Gasteiger partial charge in [0.25, 0.3) is 5.91 Å². The van der Waals surface area contributed by atoms with Crippen LogP contribution < -0.4 is 10.5 Å². The number of amides is 2. The van der Waals surface area contributed by atoms with Crippen LogP contribution in [0.2, 0.25) is 0 Å². The fourth-order valence-electron chi connectivity index (χ4n) is 4.90. The lowest BCUT2D eigenvalue weighted by Crippen LogP contribution is -2.48. The van der Waals surface area contributed by atoms with Crippen LogP contribution in [-0.2, 0) is 10.9 Å². The van der Waals surface area contributed by atoms with Crippen molar-refractivity contribution in [1.29, 1.82) is 0 Å². The number of piperazine rings is 1. The Kier molecular flexibility index (Phi) is 8.81. The number of alkyl halides is 3. The number of carbonyl (C=O) groups is 2. The highest BCUT2D eigenvalue weighted by molar-refractivity contribution is 5.97. The van der Waals surface area contributed by atoms with E-state index in [9.17, 15) is 22.8 Å². The average Bonchev–Trinajstić information content (AvgIpc) is 2.92. The molecule has 1 fully saturated rings. The predicted molar refractivity (Wildman–Crippen MR) is 162 cm³/mol. The van der Waals surface area contributed by atoms with E-state index in [1.807, 2.05) is 0 Å². The summed E-state index contributed by atoms with van der Waals surface area (Å²) in [4.78, 5) is 33.2. The molecule has 11 heteroatoms. The van der Waals surface area contributed by atoms with Crippen LogP contribution in [0.15, 0.2) is 79.3 Å². The van der Waals surface area contributed by atoms with Gasteiger partial charge < -0.3 is 20.1 Å². The predicted octanol–water partition coefficient (Wildman–Crippen LogP) is 7.52. The molecule has 1 aliphatic heterocycles. The number of pyridine rings is 1. The number of nitrogens with zero attached hydrogens (tertiary/aromatic N) is 3. The molecule has 1 saturated heterocycles. The molecule has 1 aliphatic rings. The van der Waals surface area contributed by atoms with Crippen LogP contribution in [0.4, 0.5) is 23.8 Å². The van der Waals surface area contributed by atoms with Gasteiger partial charge in [-0.05, 0) is 63.9 Å². The number of nitrogen functional groups attached to an aromatic ring is 1. The van der Waals surface area contributed by atoms with Crippen LogP contribution in [0.1, 0.15) is 60.8 Å². The number of rotatable bonds is 5. The number of aromatic nitrogens is 1. The van der Waals surface area contributed by atoms with Crippen LogP contribution in [-0.4, -0.2) is 45.5 Å². The van der Waals surface area contributed by atoms with E-state index in [1.54, 1.807) is 56.9 Å². The maximum Gasteiger partial charge on any atom is 0.419 e. The molecule has 0 aliphatic carbocycles. The van der Waals surface area contributed by atoms with E-state index in [-0.39, 0.29) is 36.1 Å². The van der Waals surface area contributed by atoms with Crippen molar-refractivity contribution in [2.75, 3.05) is 18.8 Å². The summed E-state index contributed by atoms with van der Waals surface area (Å²) < 4.78 is 52.0. The normalized spacial score (nSPS) is 14.8. The van der Waals surface area contributed by atoms with Gasteiger partial charge in [0.05, 0.1) is 18.7 Å². The molecule has 8 nitrogen and oxygen atoms in total. The molecule has 4 rings (SSSR count). The Morgan fingerprint density at radius 3 is 2.23 bits per heavy atom. The van der Waals surface area contributed by atoms with Crippen molar-refractivity contribution in [3.05, 3.63) is 102 Å². The molecule has 1 atom stereocenters. The third kappa shape index (κ3) is 7.04. The van der Waals surface area contributed by atoms with E-state index in [2.05, 4.69) is 18.1 Å². The summed E-state index contributed by atoms with van der Waals surface area (Å²) in [5.41, 5.74) is 7.65. The summed E-state index contributed by atoms with van der Waals surface area (Å²) in [6.07, 6.45) is -4.58. The number of hydrogen-bond donors (Lipinski definition) is 1. The number of aryl methyl sites for hydroxylation is 1. The van der Waals surface area contributed by atoms with Gasteiger partial charge in [0.1, 0.15) is 11.7 Å². The molecule has 44 heavy (non-hydrogen) atoms. The molecular weight excluding hydrogens is 573 g/mol. The Balaban J connectivity index is 1.52. The summed E-state index contributed by atoms with van der Waals surface area (Å²) in [5.74, 6) is -0.110. The first-order valence-electron chi connectivity index (χ1n) is 13.8. The maximum atomic E-state index is 13.6. The number of anilines is 1. The van der Waals surface area contributed by atoms with Crippen LogP contribution in [0.5, 0.6) is 5.75 Å². The lowest BCUT2D eigenvalue weighted by atomic mass is 9.99. The van der Waals surface area contributed by atoms with Gasteiger partial charge in [-0.3, -0.25) is 9.69 Å². The molecule has 2 aromatic carbocycles. The first kappa shape index (κ1) is 32.1. The van der Waals surface area contributed by atoms with Gasteiger partial charge in [0, 0.05) is 34.3 Å². The molecule has 2 heterocycles. The molecule has 0 radical (unpaired) electrons. The zero-order chi connectivity index (χ0) is 32.6. The second-order valence-corrected chi connectivity index (χ2v) is 11.6. The smallest absolute Gasteiger partial charge is 0.419 e. The van der Waals surface area contributed by atoms with Crippen LogP contribution >= 0.6 is 0 Å². The van der Waals surface area contributed by atoms with E-state index >= 15 is 0 Å². The van der Waals surface area contributed by atoms with E-state index < -0.39 is 29.5 Å². The number of halogens is 3. The summed E-state index contributed by atoms with van der Waals surface area (Å²) >= 11 is 0. The van der Waals surface area contributed by atoms with Crippen molar-refractivity contribution in [2.45, 2.75) is 52.5 Å². The first-order valence-corrected chi connectivity index (χ1v) is 13.8. The van der Waals surface area contributed by atoms with Gasteiger partial charge in [-0.15, -0.1) is 0 Å². The van der Waals surface area contributed by atoms with E-state index in [0.717, 1.165) is 6.07 Å². The fraction of sp³-hybridized carbons (Fsp3) is 0.303. The number of hydrogen-bond acceptors (Lipinski definition) is 6. The molecule has 0 bridgehead atoms. The third-order valence-corrected chi connectivity index (χ3v) is 6.92. The van der Waals surface area contributed by atoms with E-state index in [1.165, 1.54) is 36.2 Å². The van der Waals surface area contributed by atoms with Crippen molar-refractivity contribution in [2.24, 2.45) is 0 Å². The lowest BCUT2D eigenvalue weighted by Gasteiger charge is -2.38. The van der Waals surface area contributed by atoms with Gasteiger partial charge in [0.15, 0.2) is 11.6 Å². The molecule has 1 unspecified atom stereocenters. The van der Waals surface area contributed by atoms with Gasteiger partial charge in [0.2, 0.25) is 0 Å². The Labute approximate surface area is 254 Å². The summed E-state index contributed by atoms with van der Waals surface area (Å²) in [6.45, 7) is 16.7. The zero-order valence-electron chi connectivity index (χ0n) is 25.3. The highest BCUT2D eigenvalue weighted by Crippen LogP contribution is 2.37. The second kappa shape index (κ2) is 12.1. The van der Waals surface area contributed by atoms with Gasteiger partial charge in [-0.25, -0.2) is 9.78 Å². The van der Waals surface area contributed by atoms with E-state index in [4.69, 9.17) is 15.2 Å². The van der Waals surface area contributed by atoms with Crippen LogP contribution in [0.25, 0.3) is 11.1 Å². The minimum Gasteiger partial charge on any atom is -0.482 e. The Morgan fingerprint density at radius 2 is 1.64 bits per heavy atom. The quantitative estimate of drug-likeness (QED) is 0.322. The summed E-state index contributed by atoms with van der Waals surface area (Å²) in [6, 6.07) is 12.0. The molecule has 0 saturated carbocycles. The highest BCUT2D eigenvalue weighted by atomic mass is 19.4. The van der Waals surface area contributed by atoms with Crippen molar-refractivity contribution >= 4 is 17.8 Å². The number of nitrogens with two attached hydrogens (primary N) is 1. The number of carbonyl (C=O) groups excluding carboxylic acids is 2. The first-order chi connectivity index (χ1) is 20.5. The average molecular weight is 609 g/mol. The SMILES string of the molecule is C=C1CN(C(=O)c2ccc(-c3cnc(N)c(OC(C)c4ccccc4C(F)(F)F)c3)cc2C)CC(=C)N1C(=O)OC(C)(C)C. The van der Waals surface area contributed by atoms with Crippen molar-refractivity contribution in [3.63, 3.8) is 0 Å². The molecule has 232 valence electrons. The van der Waals surface area contributed by atoms with Crippen molar-refractivity contribution in [1.82, 2.24) is 14.8 Å². The summed E-state index contributed by atoms with van der Waals surface area (Å²) in [5, 5.41) is 0. The molecule has 0 spiro atoms. The van der Waals surface area contributed by atoms with Crippen molar-refractivity contribution in [3.8, 4) is 16.9 Å². The monoisotopic (exact) mass is 608 g/mol. The number of benzene rings is 2. The number of ether oxygens (including phenoxy) is 2. The third-order valence-electron chi connectivity index (χ3n) is 6.92. The minimum atomic E-state index is -4.54. The Morgan fingerprint density at radius 1 is 1.00 bits per heavy atom. The topological polar surface area (TPSA) is 98.0 Å². The van der Waals surface area contributed by atoms with Crippen molar-refractivity contribution < 1.29 is 32.2 Å². The Bertz CT molecular complexity index is 1610. The highest BCUT2D eigenvalue weighted by Gasteiger charge is 2.35. The van der Waals surface area contributed by atoms with Gasteiger partial charge >= 0.3 is 12.3 Å². The molecule has 3 aromatic rings. The molecule has 1 aromatic heterocycles. The Hall–Kier alpha value is -4.80. The van der Waals surface area contributed by atoms with Crippen LogP contribution in [0.3, 0.4) is 0 Å². The van der Waals surface area contributed by atoms with E-state index in [0.29, 0.717) is 33.6 Å². The molecule has 2 amide bonds. The standard InChI is InChI=1S/C33H35F3N4O4/c1-19-14-23(12-13-25(19)30(41)39-17-20(2)40(21(3)18-39)31(42)44-32(5,6)7)24-15-28(29(37)38-16-24)43-22(4)26-10-8-9-11-27(26)33(34,35)36/h8-16,22H,2-3,17-18H2,1,4-7H3,(H2,37,38). The van der Waals surface area contributed by atoms with Crippen LogP contribution in [0, 0.1) is 6.92 Å². The molecular formula is C33H35F3N4O4.